The Balaban J connectivity index is 1.31. The van der Waals surface area contributed by atoms with Crippen molar-refractivity contribution in [3.8, 4) is 11.3 Å². The molecule has 5 rings (SSSR count). The van der Waals surface area contributed by atoms with Crippen molar-refractivity contribution in [2.45, 2.75) is 36.2 Å². The molecule has 0 N–H and O–H groups in total. The lowest BCUT2D eigenvalue weighted by atomic mass is 10.2. The monoisotopic (exact) mass is 394 g/mol. The average Bonchev–Trinajstić information content (AvgIpc) is 3.11. The van der Waals surface area contributed by atoms with Crippen LogP contribution in [0.5, 0.6) is 0 Å². The molecule has 3 aromatic heterocycles. The molecule has 1 aliphatic rings. The highest BCUT2D eigenvalue weighted by atomic mass is 32.2. The Morgan fingerprint density at radius 3 is 2.78 bits per heavy atom. The number of rotatable bonds is 7. The predicted molar refractivity (Wildman–Crippen MR) is 107 cm³/mol. The Labute approximate surface area is 165 Å². The number of thioether (sulfide) groups is 1. The molecule has 1 aliphatic carbocycles. The van der Waals surface area contributed by atoms with Crippen molar-refractivity contribution in [3.05, 3.63) is 70.3 Å². The Morgan fingerprint density at radius 1 is 1.11 bits per heavy atom. The van der Waals surface area contributed by atoms with Crippen molar-refractivity contribution in [1.29, 1.82) is 0 Å². The van der Waals surface area contributed by atoms with E-state index in [-0.39, 0.29) is 0 Å². The van der Waals surface area contributed by atoms with Gasteiger partial charge in [0.05, 0.1) is 5.69 Å². The Hall–Kier alpha value is -2.38. The van der Waals surface area contributed by atoms with Gasteiger partial charge >= 0.3 is 0 Å². The lowest BCUT2D eigenvalue weighted by molar-refractivity contribution is 0.426. The first-order valence-corrected chi connectivity index (χ1v) is 10.8. The lowest BCUT2D eigenvalue weighted by Gasteiger charge is -2.07. The summed E-state index contributed by atoms with van der Waals surface area (Å²) in [5, 5.41) is 16.2. The van der Waals surface area contributed by atoms with Crippen LogP contribution in [-0.4, -0.2) is 19.9 Å². The van der Waals surface area contributed by atoms with Crippen molar-refractivity contribution in [3.63, 3.8) is 0 Å². The minimum atomic E-state index is 0.551. The molecule has 0 spiro atoms. The molecule has 136 valence electrons. The molecule has 0 saturated heterocycles. The standard InChI is InChI=1S/C20H18N4OS2/c1-2-5-14(6-3-1)18-11-15(23-25-18)13-27-20-22-21-19(24(20)16-8-9-16)12-17-7-4-10-26-17/h1-7,10-11,16H,8-9,12-13H2. The topological polar surface area (TPSA) is 56.7 Å². The molecule has 7 heteroatoms. The van der Waals surface area contributed by atoms with Crippen LogP contribution in [0.2, 0.25) is 0 Å². The molecule has 0 radical (unpaired) electrons. The molecule has 4 aromatic rings. The van der Waals surface area contributed by atoms with Gasteiger partial charge in [0, 0.05) is 34.7 Å². The van der Waals surface area contributed by atoms with E-state index in [4.69, 9.17) is 4.52 Å². The molecule has 0 amide bonds. The van der Waals surface area contributed by atoms with Gasteiger partial charge in [0.15, 0.2) is 10.9 Å². The molecule has 1 fully saturated rings. The molecule has 0 unspecified atom stereocenters. The highest BCUT2D eigenvalue weighted by Crippen LogP contribution is 2.39. The van der Waals surface area contributed by atoms with Gasteiger partial charge in [-0.3, -0.25) is 0 Å². The van der Waals surface area contributed by atoms with Crippen molar-refractivity contribution in [2.24, 2.45) is 0 Å². The smallest absolute Gasteiger partial charge is 0.191 e. The minimum Gasteiger partial charge on any atom is -0.356 e. The van der Waals surface area contributed by atoms with Gasteiger partial charge in [-0.15, -0.1) is 21.5 Å². The van der Waals surface area contributed by atoms with Crippen molar-refractivity contribution < 1.29 is 4.52 Å². The van der Waals surface area contributed by atoms with Gasteiger partial charge in [-0.2, -0.15) is 0 Å². The van der Waals surface area contributed by atoms with E-state index >= 15 is 0 Å². The van der Waals surface area contributed by atoms with Crippen LogP contribution >= 0.6 is 23.1 Å². The van der Waals surface area contributed by atoms with Crippen LogP contribution in [0.25, 0.3) is 11.3 Å². The van der Waals surface area contributed by atoms with Crippen LogP contribution in [0.3, 0.4) is 0 Å². The van der Waals surface area contributed by atoms with Gasteiger partial charge in [0.1, 0.15) is 5.82 Å². The maximum absolute atomic E-state index is 5.50. The van der Waals surface area contributed by atoms with Gasteiger partial charge in [-0.1, -0.05) is 53.3 Å². The lowest BCUT2D eigenvalue weighted by Crippen LogP contribution is -2.03. The van der Waals surface area contributed by atoms with E-state index in [1.165, 1.54) is 17.7 Å². The van der Waals surface area contributed by atoms with E-state index in [0.717, 1.165) is 40.2 Å². The molecule has 3 heterocycles. The van der Waals surface area contributed by atoms with E-state index < -0.39 is 0 Å². The van der Waals surface area contributed by atoms with Gasteiger partial charge in [0.25, 0.3) is 0 Å². The molecule has 0 bridgehead atoms. The number of benzene rings is 1. The van der Waals surface area contributed by atoms with E-state index in [2.05, 4.69) is 37.4 Å². The summed E-state index contributed by atoms with van der Waals surface area (Å²) in [5.41, 5.74) is 1.96. The molecule has 27 heavy (non-hydrogen) atoms. The van der Waals surface area contributed by atoms with Crippen molar-refractivity contribution >= 4 is 23.1 Å². The normalized spacial score (nSPS) is 13.9. The second-order valence-corrected chi connectivity index (χ2v) is 8.57. The summed E-state index contributed by atoms with van der Waals surface area (Å²) < 4.78 is 7.82. The first-order valence-electron chi connectivity index (χ1n) is 8.97. The van der Waals surface area contributed by atoms with Gasteiger partial charge in [-0.05, 0) is 24.3 Å². The highest BCUT2D eigenvalue weighted by molar-refractivity contribution is 7.98. The van der Waals surface area contributed by atoms with Crippen LogP contribution in [0.1, 0.15) is 35.3 Å². The summed E-state index contributed by atoms with van der Waals surface area (Å²) in [4.78, 5) is 1.32. The summed E-state index contributed by atoms with van der Waals surface area (Å²) in [6, 6.07) is 16.8. The average molecular weight is 395 g/mol. The summed E-state index contributed by atoms with van der Waals surface area (Å²) in [6.07, 6.45) is 3.28. The van der Waals surface area contributed by atoms with Crippen LogP contribution in [0.15, 0.2) is 63.6 Å². The summed E-state index contributed by atoms with van der Waals surface area (Å²) >= 11 is 3.45. The molecule has 1 aromatic carbocycles. The van der Waals surface area contributed by atoms with Gasteiger partial charge in [-0.25, -0.2) is 0 Å². The molecule has 0 atom stereocenters. The SMILES string of the molecule is c1ccc(-c2cc(CSc3nnc(Cc4cccs4)n3C3CC3)no2)cc1. The summed E-state index contributed by atoms with van der Waals surface area (Å²) in [5.74, 6) is 2.58. The number of hydrogen-bond acceptors (Lipinski definition) is 6. The van der Waals surface area contributed by atoms with E-state index in [1.54, 1.807) is 23.1 Å². The van der Waals surface area contributed by atoms with E-state index in [1.807, 2.05) is 36.4 Å². The zero-order chi connectivity index (χ0) is 18.1. The fourth-order valence-corrected chi connectivity index (χ4v) is 4.66. The quantitative estimate of drug-likeness (QED) is 0.403. The van der Waals surface area contributed by atoms with E-state index in [0.29, 0.717) is 6.04 Å². The molecule has 5 nitrogen and oxygen atoms in total. The number of aromatic nitrogens is 4. The zero-order valence-corrected chi connectivity index (χ0v) is 16.2. The van der Waals surface area contributed by atoms with Crippen LogP contribution in [0, 0.1) is 0 Å². The fourth-order valence-electron chi connectivity index (χ4n) is 3.05. The first-order chi connectivity index (χ1) is 13.4. The second kappa shape index (κ2) is 7.32. The number of thiophene rings is 1. The number of nitrogens with zero attached hydrogens (tertiary/aromatic N) is 4. The summed E-state index contributed by atoms with van der Waals surface area (Å²) in [7, 11) is 0. The molecule has 0 aliphatic heterocycles. The molecular formula is C20H18N4OS2. The number of hydrogen-bond donors (Lipinski definition) is 0. The van der Waals surface area contributed by atoms with E-state index in [9.17, 15) is 0 Å². The predicted octanol–water partition coefficient (Wildman–Crippen LogP) is 5.21. The van der Waals surface area contributed by atoms with Crippen molar-refractivity contribution in [1.82, 2.24) is 19.9 Å². The maximum atomic E-state index is 5.50. The van der Waals surface area contributed by atoms with Gasteiger partial charge < -0.3 is 9.09 Å². The van der Waals surface area contributed by atoms with Crippen LogP contribution in [0.4, 0.5) is 0 Å². The fraction of sp³-hybridized carbons (Fsp3) is 0.250. The maximum Gasteiger partial charge on any atom is 0.191 e. The molecule has 1 saturated carbocycles. The third kappa shape index (κ3) is 3.70. The van der Waals surface area contributed by atoms with Crippen LogP contribution in [-0.2, 0) is 12.2 Å². The highest BCUT2D eigenvalue weighted by Gasteiger charge is 2.29. The largest absolute Gasteiger partial charge is 0.356 e. The molecular weight excluding hydrogens is 376 g/mol. The Bertz CT molecular complexity index is 1020. The third-order valence-electron chi connectivity index (χ3n) is 4.53. The Kier molecular flexibility index (Phi) is 4.55. The summed E-state index contributed by atoms with van der Waals surface area (Å²) in [6.45, 7) is 0. The zero-order valence-electron chi connectivity index (χ0n) is 14.6. The van der Waals surface area contributed by atoms with Crippen molar-refractivity contribution in [2.75, 3.05) is 0 Å². The van der Waals surface area contributed by atoms with Crippen LogP contribution < -0.4 is 0 Å². The van der Waals surface area contributed by atoms with Gasteiger partial charge in [0.2, 0.25) is 0 Å². The third-order valence-corrected chi connectivity index (χ3v) is 6.38. The Morgan fingerprint density at radius 2 is 2.00 bits per heavy atom. The minimum absolute atomic E-state index is 0.551. The first kappa shape index (κ1) is 16.8. The second-order valence-electron chi connectivity index (χ2n) is 6.59.